The molecule has 7 heteroatoms. The number of hydrogen-bond acceptors (Lipinski definition) is 5. The predicted molar refractivity (Wildman–Crippen MR) is 148 cm³/mol. The normalized spacial score (nSPS) is 27.8. The highest BCUT2D eigenvalue weighted by molar-refractivity contribution is 5.95. The molecule has 38 heavy (non-hydrogen) atoms. The second-order valence-corrected chi connectivity index (χ2v) is 12.1. The summed E-state index contributed by atoms with van der Waals surface area (Å²) in [6.45, 7) is 2.79. The summed E-state index contributed by atoms with van der Waals surface area (Å²) in [5, 5.41) is 3.18. The fraction of sp³-hybridized carbons (Fsp3) is 0.548. The van der Waals surface area contributed by atoms with Gasteiger partial charge in [-0.15, -0.1) is 0 Å². The largest absolute Gasteiger partial charge is 0.497 e. The van der Waals surface area contributed by atoms with Crippen molar-refractivity contribution >= 4 is 23.2 Å². The number of anilines is 2. The van der Waals surface area contributed by atoms with Crippen molar-refractivity contribution in [3.05, 3.63) is 48.0 Å². The number of nitrogens with one attached hydrogen (secondary N) is 1. The van der Waals surface area contributed by atoms with Gasteiger partial charge < -0.3 is 24.6 Å². The number of ether oxygens (including phenoxy) is 2. The first kappa shape index (κ1) is 25.1. The van der Waals surface area contributed by atoms with E-state index in [1.54, 1.807) is 32.4 Å². The Morgan fingerprint density at radius 1 is 0.842 bits per heavy atom. The van der Waals surface area contributed by atoms with Gasteiger partial charge in [-0.1, -0.05) is 0 Å². The Morgan fingerprint density at radius 3 is 1.92 bits per heavy atom. The summed E-state index contributed by atoms with van der Waals surface area (Å²) in [5.41, 5.74) is 2.80. The molecule has 1 saturated heterocycles. The van der Waals surface area contributed by atoms with Crippen molar-refractivity contribution in [3.8, 4) is 11.5 Å². The average Bonchev–Trinajstić information content (AvgIpc) is 2.91. The third kappa shape index (κ3) is 5.07. The molecule has 2 aromatic carbocycles. The van der Waals surface area contributed by atoms with Crippen molar-refractivity contribution in [2.75, 3.05) is 50.6 Å². The quantitative estimate of drug-likeness (QED) is 0.546. The third-order valence-corrected chi connectivity index (χ3v) is 9.38. The summed E-state index contributed by atoms with van der Waals surface area (Å²) in [6.07, 6.45) is 8.65. The van der Waals surface area contributed by atoms with E-state index in [9.17, 15) is 9.59 Å². The number of piperazine rings is 1. The molecule has 1 N–H and O–H groups in total. The van der Waals surface area contributed by atoms with Gasteiger partial charge in [0.25, 0.3) is 5.91 Å². The van der Waals surface area contributed by atoms with Crippen molar-refractivity contribution in [1.82, 2.24) is 4.90 Å². The number of benzene rings is 2. The van der Waals surface area contributed by atoms with Gasteiger partial charge in [0.2, 0.25) is 5.91 Å². The lowest BCUT2D eigenvalue weighted by Crippen LogP contribution is -2.48. The molecule has 4 saturated carbocycles. The Bertz CT molecular complexity index is 1130. The number of hydrogen-bond donors (Lipinski definition) is 1. The average molecular weight is 518 g/mol. The lowest BCUT2D eigenvalue weighted by atomic mass is 9.49. The van der Waals surface area contributed by atoms with Crippen LogP contribution in [0.4, 0.5) is 11.4 Å². The highest BCUT2D eigenvalue weighted by Gasteiger charge is 2.51. The van der Waals surface area contributed by atoms with Crippen molar-refractivity contribution < 1.29 is 19.1 Å². The van der Waals surface area contributed by atoms with E-state index in [4.69, 9.17) is 9.47 Å². The van der Waals surface area contributed by atoms with Crippen molar-refractivity contribution in [3.63, 3.8) is 0 Å². The van der Waals surface area contributed by atoms with Crippen LogP contribution in [0.15, 0.2) is 42.5 Å². The first-order chi connectivity index (χ1) is 18.4. The molecule has 1 aliphatic heterocycles. The summed E-state index contributed by atoms with van der Waals surface area (Å²) >= 11 is 0. The second kappa shape index (κ2) is 10.2. The molecule has 5 aliphatic rings. The lowest BCUT2D eigenvalue weighted by molar-refractivity contribution is -0.124. The molecule has 0 spiro atoms. The van der Waals surface area contributed by atoms with Crippen LogP contribution in [0, 0.1) is 23.2 Å². The first-order valence-corrected chi connectivity index (χ1v) is 14.1. The van der Waals surface area contributed by atoms with Crippen LogP contribution < -0.4 is 19.7 Å². The molecular formula is C31H39N3O4. The van der Waals surface area contributed by atoms with E-state index in [1.807, 2.05) is 17.0 Å². The van der Waals surface area contributed by atoms with E-state index < -0.39 is 0 Å². The van der Waals surface area contributed by atoms with Gasteiger partial charge in [-0.2, -0.15) is 0 Å². The van der Waals surface area contributed by atoms with E-state index in [0.717, 1.165) is 42.2 Å². The Morgan fingerprint density at radius 2 is 1.39 bits per heavy atom. The minimum Gasteiger partial charge on any atom is -0.497 e. The molecule has 0 unspecified atom stereocenters. The van der Waals surface area contributed by atoms with E-state index in [2.05, 4.69) is 22.3 Å². The number of nitrogens with zero attached hydrogens (tertiary/aromatic N) is 2. The zero-order valence-electron chi connectivity index (χ0n) is 22.6. The number of carbonyl (C=O) groups excluding carboxylic acids is 2. The number of methoxy groups -OCH3 is 2. The summed E-state index contributed by atoms with van der Waals surface area (Å²) < 4.78 is 10.6. The fourth-order valence-corrected chi connectivity index (χ4v) is 8.09. The lowest BCUT2D eigenvalue weighted by Gasteiger charge is -2.56. The van der Waals surface area contributed by atoms with E-state index >= 15 is 0 Å². The highest BCUT2D eigenvalue weighted by Crippen LogP contribution is 2.61. The minimum absolute atomic E-state index is 0.0149. The van der Waals surface area contributed by atoms with Crippen LogP contribution in [0.5, 0.6) is 11.5 Å². The minimum atomic E-state index is -0.0149. The van der Waals surface area contributed by atoms with Gasteiger partial charge in [0, 0.05) is 55.6 Å². The molecule has 0 atom stereocenters. The first-order valence-electron chi connectivity index (χ1n) is 14.1. The SMILES string of the molecule is COc1cc(OC)cc(C(=O)N2CCN(c3ccc(NC(=O)CC45CC6CC(CC(C6)C4)C5)cc3)CC2)c1. The molecule has 0 aromatic heterocycles. The summed E-state index contributed by atoms with van der Waals surface area (Å²) in [6, 6.07) is 13.4. The van der Waals surface area contributed by atoms with Gasteiger partial charge in [-0.3, -0.25) is 9.59 Å². The maximum absolute atomic E-state index is 13.1. The molecule has 7 rings (SSSR count). The molecule has 7 nitrogen and oxygen atoms in total. The van der Waals surface area contributed by atoms with Gasteiger partial charge in [-0.25, -0.2) is 0 Å². The van der Waals surface area contributed by atoms with E-state index in [1.165, 1.54) is 38.5 Å². The zero-order valence-corrected chi connectivity index (χ0v) is 22.6. The molecular weight excluding hydrogens is 478 g/mol. The Kier molecular flexibility index (Phi) is 6.70. The van der Waals surface area contributed by atoms with Crippen LogP contribution in [0.2, 0.25) is 0 Å². The predicted octanol–water partition coefficient (Wildman–Crippen LogP) is 5.21. The van der Waals surface area contributed by atoms with Crippen LogP contribution in [0.1, 0.15) is 55.3 Å². The van der Waals surface area contributed by atoms with Crippen LogP contribution in [-0.2, 0) is 4.79 Å². The molecule has 2 amide bonds. The monoisotopic (exact) mass is 517 g/mol. The fourth-order valence-electron chi connectivity index (χ4n) is 8.09. The van der Waals surface area contributed by atoms with Crippen LogP contribution >= 0.6 is 0 Å². The molecule has 2 aromatic rings. The smallest absolute Gasteiger partial charge is 0.254 e. The Labute approximate surface area is 225 Å². The van der Waals surface area contributed by atoms with E-state index in [-0.39, 0.29) is 17.2 Å². The van der Waals surface area contributed by atoms with Crippen molar-refractivity contribution in [2.45, 2.75) is 44.9 Å². The molecule has 5 fully saturated rings. The van der Waals surface area contributed by atoms with Crippen LogP contribution in [0.3, 0.4) is 0 Å². The molecule has 0 radical (unpaired) electrons. The number of rotatable bonds is 7. The second-order valence-electron chi connectivity index (χ2n) is 12.1. The maximum atomic E-state index is 13.1. The van der Waals surface area contributed by atoms with Crippen molar-refractivity contribution in [2.24, 2.45) is 23.2 Å². The molecule has 4 bridgehead atoms. The molecule has 1 heterocycles. The van der Waals surface area contributed by atoms with Gasteiger partial charge in [0.1, 0.15) is 11.5 Å². The van der Waals surface area contributed by atoms with Gasteiger partial charge in [0.15, 0.2) is 0 Å². The van der Waals surface area contributed by atoms with Gasteiger partial charge in [-0.05, 0) is 98.1 Å². The topological polar surface area (TPSA) is 71.1 Å². The summed E-state index contributed by atoms with van der Waals surface area (Å²) in [7, 11) is 3.17. The maximum Gasteiger partial charge on any atom is 0.254 e. The van der Waals surface area contributed by atoms with Gasteiger partial charge in [0.05, 0.1) is 14.2 Å². The summed E-state index contributed by atoms with van der Waals surface area (Å²) in [4.78, 5) is 30.3. The van der Waals surface area contributed by atoms with Crippen LogP contribution in [0.25, 0.3) is 0 Å². The number of amides is 2. The molecule has 202 valence electrons. The van der Waals surface area contributed by atoms with Crippen LogP contribution in [-0.4, -0.2) is 57.1 Å². The van der Waals surface area contributed by atoms with E-state index in [0.29, 0.717) is 36.6 Å². The Hall–Kier alpha value is -3.22. The summed E-state index contributed by atoms with van der Waals surface area (Å²) in [5.74, 6) is 3.96. The molecule has 4 aliphatic carbocycles. The Balaban J connectivity index is 1.02. The van der Waals surface area contributed by atoms with Gasteiger partial charge >= 0.3 is 0 Å². The standard InChI is InChI=1S/C31H39N3O4/c1-37-27-14-24(15-28(16-27)38-2)30(36)34-9-7-33(8-10-34)26-5-3-25(4-6-26)32-29(35)20-31-17-21-11-22(18-31)13-23(12-21)19-31/h3-6,14-16,21-23H,7-13,17-20H2,1-2H3,(H,32,35). The highest BCUT2D eigenvalue weighted by atomic mass is 16.5. The van der Waals surface area contributed by atoms with Crippen molar-refractivity contribution in [1.29, 1.82) is 0 Å². The zero-order chi connectivity index (χ0) is 26.3. The third-order valence-electron chi connectivity index (χ3n) is 9.38. The number of carbonyl (C=O) groups is 2.